The highest BCUT2D eigenvalue weighted by molar-refractivity contribution is 7.13. The van der Waals surface area contributed by atoms with Crippen LogP contribution in [0.5, 0.6) is 11.5 Å². The maximum atomic E-state index is 13.6. The first-order valence-electron chi connectivity index (χ1n) is 11.5. The number of rotatable bonds is 8. The van der Waals surface area contributed by atoms with Gasteiger partial charge in [0, 0.05) is 0 Å². The largest absolute Gasteiger partial charge is 0.490 e. The number of carbonyl (C=O) groups is 1. The van der Waals surface area contributed by atoms with E-state index < -0.39 is 11.9 Å². The van der Waals surface area contributed by atoms with Gasteiger partial charge >= 0.3 is 0 Å². The predicted octanol–water partition coefficient (Wildman–Crippen LogP) is 5.22. The van der Waals surface area contributed by atoms with Crippen molar-refractivity contribution in [1.29, 1.82) is 0 Å². The van der Waals surface area contributed by atoms with E-state index in [1.165, 1.54) is 16.2 Å². The van der Waals surface area contributed by atoms with Crippen LogP contribution in [-0.2, 0) is 0 Å². The SMILES string of the molecule is CCOc1cc([C@H]2c3c(oc4ccccc4c3=O)C(=O)N2c2nncs2)ccc1OCCC(C)C. The number of aromatic nitrogens is 2. The molecule has 0 radical (unpaired) electrons. The van der Waals surface area contributed by atoms with Crippen LogP contribution in [0.3, 0.4) is 0 Å². The first kappa shape index (κ1) is 23.0. The number of benzene rings is 2. The van der Waals surface area contributed by atoms with Crippen molar-refractivity contribution < 1.29 is 18.7 Å². The molecule has 0 saturated heterocycles. The maximum absolute atomic E-state index is 13.6. The molecule has 0 aliphatic carbocycles. The molecule has 2 aromatic heterocycles. The van der Waals surface area contributed by atoms with Gasteiger partial charge in [0.1, 0.15) is 11.1 Å². The number of para-hydroxylation sites is 1. The van der Waals surface area contributed by atoms with Gasteiger partial charge in [-0.15, -0.1) is 10.2 Å². The lowest BCUT2D eigenvalue weighted by Crippen LogP contribution is -2.29. The van der Waals surface area contributed by atoms with Crippen molar-refractivity contribution >= 4 is 33.3 Å². The van der Waals surface area contributed by atoms with E-state index in [9.17, 15) is 9.59 Å². The van der Waals surface area contributed by atoms with Crippen molar-refractivity contribution in [2.75, 3.05) is 18.1 Å². The zero-order valence-corrected chi connectivity index (χ0v) is 20.5. The highest BCUT2D eigenvalue weighted by Gasteiger charge is 2.45. The van der Waals surface area contributed by atoms with E-state index in [4.69, 9.17) is 13.9 Å². The summed E-state index contributed by atoms with van der Waals surface area (Å²) in [5, 5.41) is 8.81. The summed E-state index contributed by atoms with van der Waals surface area (Å²) >= 11 is 1.22. The molecule has 0 fully saturated rings. The van der Waals surface area contributed by atoms with Crippen molar-refractivity contribution in [1.82, 2.24) is 10.2 Å². The number of nitrogens with zero attached hydrogens (tertiary/aromatic N) is 3. The molecule has 4 aromatic rings. The number of hydrogen-bond acceptors (Lipinski definition) is 8. The van der Waals surface area contributed by atoms with E-state index >= 15 is 0 Å². The Labute approximate surface area is 206 Å². The smallest absolute Gasteiger partial charge is 0.297 e. The molecule has 0 N–H and O–H groups in total. The Hall–Kier alpha value is -3.72. The molecule has 35 heavy (non-hydrogen) atoms. The molecule has 2 aromatic carbocycles. The fourth-order valence-electron chi connectivity index (χ4n) is 4.19. The van der Waals surface area contributed by atoms with E-state index in [0.29, 0.717) is 52.3 Å². The Morgan fingerprint density at radius 3 is 2.69 bits per heavy atom. The van der Waals surface area contributed by atoms with Crippen LogP contribution < -0.4 is 19.8 Å². The number of carbonyl (C=O) groups excluding carboxylic acids is 1. The average molecular weight is 492 g/mol. The van der Waals surface area contributed by atoms with Crippen molar-refractivity contribution in [3.8, 4) is 11.5 Å². The van der Waals surface area contributed by atoms with E-state index in [2.05, 4.69) is 24.0 Å². The third-order valence-electron chi connectivity index (χ3n) is 5.87. The fourth-order valence-corrected chi connectivity index (χ4v) is 4.78. The molecule has 8 nitrogen and oxygen atoms in total. The molecule has 0 saturated carbocycles. The van der Waals surface area contributed by atoms with Gasteiger partial charge in [-0.1, -0.05) is 43.4 Å². The summed E-state index contributed by atoms with van der Waals surface area (Å²) in [4.78, 5) is 28.6. The van der Waals surface area contributed by atoms with Crippen LogP contribution in [0.4, 0.5) is 5.13 Å². The lowest BCUT2D eigenvalue weighted by Gasteiger charge is -2.23. The number of ether oxygens (including phenoxy) is 2. The Balaban J connectivity index is 1.66. The molecule has 0 bridgehead atoms. The van der Waals surface area contributed by atoms with Gasteiger partial charge in [-0.05, 0) is 49.1 Å². The third kappa shape index (κ3) is 4.16. The molecule has 180 valence electrons. The highest BCUT2D eigenvalue weighted by atomic mass is 32.1. The molecule has 0 spiro atoms. The second kappa shape index (κ2) is 9.50. The van der Waals surface area contributed by atoms with Gasteiger partial charge < -0.3 is 13.9 Å². The molecular weight excluding hydrogens is 466 g/mol. The molecule has 9 heteroatoms. The Kier molecular flexibility index (Phi) is 6.25. The van der Waals surface area contributed by atoms with Gasteiger partial charge in [-0.2, -0.15) is 0 Å². The molecular formula is C26H25N3O5S. The summed E-state index contributed by atoms with van der Waals surface area (Å²) < 4.78 is 17.8. The van der Waals surface area contributed by atoms with Gasteiger partial charge in [0.25, 0.3) is 5.91 Å². The monoisotopic (exact) mass is 491 g/mol. The second-order valence-corrected chi connectivity index (χ2v) is 9.45. The Morgan fingerprint density at radius 2 is 1.94 bits per heavy atom. The van der Waals surface area contributed by atoms with Gasteiger partial charge in [0.15, 0.2) is 16.9 Å². The topological polar surface area (TPSA) is 94.8 Å². The van der Waals surface area contributed by atoms with Crippen molar-refractivity contribution in [2.24, 2.45) is 5.92 Å². The summed E-state index contributed by atoms with van der Waals surface area (Å²) in [5.41, 5.74) is 2.63. The van der Waals surface area contributed by atoms with Crippen LogP contribution in [-0.4, -0.2) is 29.3 Å². The highest BCUT2D eigenvalue weighted by Crippen LogP contribution is 2.43. The maximum Gasteiger partial charge on any atom is 0.297 e. The minimum Gasteiger partial charge on any atom is -0.490 e. The van der Waals surface area contributed by atoms with Gasteiger partial charge in [-0.25, -0.2) is 0 Å². The molecule has 1 aliphatic rings. The minimum absolute atomic E-state index is 0.0177. The normalized spacial score (nSPS) is 15.1. The van der Waals surface area contributed by atoms with Crippen LogP contribution in [0.15, 0.2) is 57.2 Å². The fraction of sp³-hybridized carbons (Fsp3) is 0.308. The Bertz CT molecular complexity index is 1430. The quantitative estimate of drug-likeness (QED) is 0.334. The van der Waals surface area contributed by atoms with Crippen LogP contribution in [0.1, 0.15) is 54.9 Å². The summed E-state index contributed by atoms with van der Waals surface area (Å²) in [7, 11) is 0. The van der Waals surface area contributed by atoms with Crippen LogP contribution >= 0.6 is 11.3 Å². The van der Waals surface area contributed by atoms with Crippen LogP contribution in [0.25, 0.3) is 11.0 Å². The first-order valence-corrected chi connectivity index (χ1v) is 12.4. The molecule has 1 aliphatic heterocycles. The summed E-state index contributed by atoms with van der Waals surface area (Å²) in [6.45, 7) is 7.18. The number of amides is 1. The number of anilines is 1. The second-order valence-electron chi connectivity index (χ2n) is 8.64. The van der Waals surface area contributed by atoms with E-state index in [0.717, 1.165) is 6.42 Å². The van der Waals surface area contributed by atoms with Crippen LogP contribution in [0, 0.1) is 5.92 Å². The third-order valence-corrected chi connectivity index (χ3v) is 6.56. The Morgan fingerprint density at radius 1 is 1.11 bits per heavy atom. The standard InChI is InChI=1S/C26H25N3O5S/c1-4-32-20-13-16(9-10-19(20)33-12-11-15(2)3)22-21-23(30)17-7-5-6-8-18(17)34-24(21)25(31)29(22)26-28-27-14-35-26/h5-10,13-15,22H,4,11-12H2,1-3H3/t22-/m0/s1. The zero-order chi connectivity index (χ0) is 24.5. The zero-order valence-electron chi connectivity index (χ0n) is 19.7. The van der Waals surface area contributed by atoms with Crippen molar-refractivity contribution in [3.63, 3.8) is 0 Å². The van der Waals surface area contributed by atoms with Gasteiger partial charge in [0.2, 0.25) is 10.9 Å². The van der Waals surface area contributed by atoms with Crippen molar-refractivity contribution in [2.45, 2.75) is 33.2 Å². The number of fused-ring (bicyclic) bond motifs is 2. The lowest BCUT2D eigenvalue weighted by atomic mass is 9.98. The minimum atomic E-state index is -0.741. The molecule has 1 amide bonds. The predicted molar refractivity (Wildman–Crippen MR) is 134 cm³/mol. The van der Waals surface area contributed by atoms with E-state index in [1.54, 1.807) is 29.8 Å². The van der Waals surface area contributed by atoms with Gasteiger partial charge in [0.05, 0.1) is 30.2 Å². The number of hydrogen-bond donors (Lipinski definition) is 0. The average Bonchev–Trinajstić information content (AvgIpc) is 3.47. The molecule has 5 rings (SSSR count). The van der Waals surface area contributed by atoms with Crippen LogP contribution in [0.2, 0.25) is 0 Å². The first-order chi connectivity index (χ1) is 17.0. The van der Waals surface area contributed by atoms with Crippen molar-refractivity contribution in [3.05, 3.63) is 75.1 Å². The summed E-state index contributed by atoms with van der Waals surface area (Å²) in [6.07, 6.45) is 0.913. The molecule has 3 heterocycles. The molecule has 1 atom stereocenters. The summed E-state index contributed by atoms with van der Waals surface area (Å²) in [5.74, 6) is 1.27. The summed E-state index contributed by atoms with van der Waals surface area (Å²) in [6, 6.07) is 11.7. The lowest BCUT2D eigenvalue weighted by molar-refractivity contribution is 0.0970. The van der Waals surface area contributed by atoms with E-state index in [1.807, 2.05) is 25.1 Å². The molecule has 0 unspecified atom stereocenters. The van der Waals surface area contributed by atoms with Gasteiger partial charge in [-0.3, -0.25) is 14.5 Å². The van der Waals surface area contributed by atoms with E-state index in [-0.39, 0.29) is 16.8 Å².